The second kappa shape index (κ2) is 4.67. The van der Waals surface area contributed by atoms with Crippen molar-refractivity contribution in [2.24, 2.45) is 0 Å². The number of fused-ring (bicyclic) bond motifs is 1. The average molecular weight is 266 g/mol. The minimum absolute atomic E-state index is 0.603. The summed E-state index contributed by atoms with van der Waals surface area (Å²) in [7, 11) is 0. The van der Waals surface area contributed by atoms with Crippen LogP contribution in [0.3, 0.4) is 0 Å². The summed E-state index contributed by atoms with van der Waals surface area (Å²) in [5, 5.41) is 10.8. The number of rotatable bonds is 2. The number of nitrogen functional groups attached to an aromatic ring is 1. The smallest absolute Gasteiger partial charge is 0.138 e. The van der Waals surface area contributed by atoms with E-state index in [2.05, 4.69) is 9.97 Å². The molecular formula is C14H10N4S. The van der Waals surface area contributed by atoms with Crippen LogP contribution in [-0.4, -0.2) is 9.97 Å². The lowest BCUT2D eigenvalue weighted by molar-refractivity contribution is 1.32. The molecule has 0 unspecified atom stereocenters. The Morgan fingerprint density at radius 3 is 2.84 bits per heavy atom. The van der Waals surface area contributed by atoms with Crippen molar-refractivity contribution in [3.63, 3.8) is 0 Å². The van der Waals surface area contributed by atoms with E-state index in [4.69, 9.17) is 11.0 Å². The van der Waals surface area contributed by atoms with Crippen LogP contribution in [-0.2, 0) is 0 Å². The van der Waals surface area contributed by atoms with Crippen molar-refractivity contribution in [2.75, 3.05) is 5.73 Å². The third-order valence-corrected chi connectivity index (χ3v) is 3.50. The van der Waals surface area contributed by atoms with Crippen molar-refractivity contribution in [3.8, 4) is 16.8 Å². The van der Waals surface area contributed by atoms with Crippen LogP contribution in [0.15, 0.2) is 47.4 Å². The number of nitrogens with two attached hydrogens (primary N) is 1. The molecule has 3 N–H and O–H groups in total. The largest absolute Gasteiger partial charge is 0.398 e. The molecule has 1 aromatic heterocycles. The highest BCUT2D eigenvalue weighted by Gasteiger charge is 2.07. The van der Waals surface area contributed by atoms with Crippen LogP contribution in [0.4, 0.5) is 5.69 Å². The predicted molar refractivity (Wildman–Crippen MR) is 77.4 cm³/mol. The third-order valence-electron chi connectivity index (χ3n) is 2.83. The highest BCUT2D eigenvalue weighted by Crippen LogP contribution is 2.29. The molecule has 0 fully saturated rings. The molecular weight excluding hydrogens is 256 g/mol. The van der Waals surface area contributed by atoms with Crippen molar-refractivity contribution in [2.45, 2.75) is 4.90 Å². The SMILES string of the molecule is N#CSc1cc(-c2nc3ccccc3[nH]2)ccc1N. The van der Waals surface area contributed by atoms with Gasteiger partial charge in [0.1, 0.15) is 11.2 Å². The van der Waals surface area contributed by atoms with E-state index in [0.29, 0.717) is 5.69 Å². The first-order valence-electron chi connectivity index (χ1n) is 5.68. The Morgan fingerprint density at radius 1 is 1.21 bits per heavy atom. The standard InChI is InChI=1S/C14H10N4S/c15-8-19-13-7-9(5-6-10(13)16)14-17-11-3-1-2-4-12(11)18-14/h1-7H,16H2,(H,17,18). The lowest BCUT2D eigenvalue weighted by Gasteiger charge is -2.02. The number of benzene rings is 2. The molecule has 2 aromatic carbocycles. The number of imidazole rings is 1. The van der Waals surface area contributed by atoms with E-state index in [0.717, 1.165) is 39.1 Å². The monoisotopic (exact) mass is 266 g/mol. The van der Waals surface area contributed by atoms with Crippen molar-refractivity contribution >= 4 is 28.5 Å². The number of nitrogens with zero attached hydrogens (tertiary/aromatic N) is 2. The minimum Gasteiger partial charge on any atom is -0.398 e. The van der Waals surface area contributed by atoms with Gasteiger partial charge in [-0.05, 0) is 42.1 Å². The first-order chi connectivity index (χ1) is 9.28. The number of aromatic nitrogens is 2. The topological polar surface area (TPSA) is 78.5 Å². The maximum atomic E-state index is 8.75. The second-order valence-corrected chi connectivity index (χ2v) is 4.88. The number of thioether (sulfide) groups is 1. The van der Waals surface area contributed by atoms with E-state index >= 15 is 0 Å². The summed E-state index contributed by atoms with van der Waals surface area (Å²) in [6.45, 7) is 0. The summed E-state index contributed by atoms with van der Waals surface area (Å²) in [6, 6.07) is 13.4. The molecule has 0 aliphatic rings. The molecule has 5 heteroatoms. The molecule has 0 aliphatic carbocycles. The molecule has 0 saturated carbocycles. The van der Waals surface area contributed by atoms with Crippen LogP contribution < -0.4 is 5.73 Å². The molecule has 19 heavy (non-hydrogen) atoms. The van der Waals surface area contributed by atoms with Crippen LogP contribution in [0.25, 0.3) is 22.4 Å². The first kappa shape index (κ1) is 11.6. The van der Waals surface area contributed by atoms with Crippen molar-refractivity contribution in [1.82, 2.24) is 9.97 Å². The van der Waals surface area contributed by atoms with Gasteiger partial charge in [0.25, 0.3) is 0 Å². The zero-order chi connectivity index (χ0) is 13.2. The van der Waals surface area contributed by atoms with E-state index in [1.807, 2.05) is 41.8 Å². The van der Waals surface area contributed by atoms with Gasteiger partial charge in [-0.3, -0.25) is 0 Å². The van der Waals surface area contributed by atoms with Crippen LogP contribution >= 0.6 is 11.8 Å². The average Bonchev–Trinajstić information content (AvgIpc) is 2.85. The Balaban J connectivity index is 2.11. The zero-order valence-corrected chi connectivity index (χ0v) is 10.7. The highest BCUT2D eigenvalue weighted by molar-refractivity contribution is 8.03. The van der Waals surface area contributed by atoms with Crippen molar-refractivity contribution in [3.05, 3.63) is 42.5 Å². The van der Waals surface area contributed by atoms with Crippen LogP contribution in [0.2, 0.25) is 0 Å². The van der Waals surface area contributed by atoms with E-state index in [1.54, 1.807) is 6.07 Å². The third kappa shape index (κ3) is 2.14. The fraction of sp³-hybridized carbons (Fsp3) is 0. The Morgan fingerprint density at radius 2 is 2.05 bits per heavy atom. The Kier molecular flexibility index (Phi) is 2.86. The van der Waals surface area contributed by atoms with E-state index < -0.39 is 0 Å². The van der Waals surface area contributed by atoms with Gasteiger partial charge in [0.2, 0.25) is 0 Å². The summed E-state index contributed by atoms with van der Waals surface area (Å²) in [5.41, 5.74) is 9.26. The number of hydrogen-bond donors (Lipinski definition) is 2. The molecule has 0 amide bonds. The van der Waals surface area contributed by atoms with Gasteiger partial charge >= 0.3 is 0 Å². The Bertz CT molecular complexity index is 752. The van der Waals surface area contributed by atoms with Crippen LogP contribution in [0.1, 0.15) is 0 Å². The predicted octanol–water partition coefficient (Wildman–Crippen LogP) is 3.39. The molecule has 1 heterocycles. The molecule has 3 rings (SSSR count). The van der Waals surface area contributed by atoms with Crippen LogP contribution in [0.5, 0.6) is 0 Å². The minimum atomic E-state index is 0.603. The Labute approximate surface area is 114 Å². The van der Waals surface area contributed by atoms with Crippen molar-refractivity contribution < 1.29 is 0 Å². The molecule has 0 spiro atoms. The quantitative estimate of drug-likeness (QED) is 0.423. The molecule has 4 nitrogen and oxygen atoms in total. The van der Waals surface area contributed by atoms with E-state index in [1.165, 1.54) is 0 Å². The summed E-state index contributed by atoms with van der Waals surface area (Å²) >= 11 is 1.06. The van der Waals surface area contributed by atoms with E-state index in [9.17, 15) is 0 Å². The molecule has 0 saturated heterocycles. The molecule has 0 bridgehead atoms. The maximum Gasteiger partial charge on any atom is 0.138 e. The van der Waals surface area contributed by atoms with Gasteiger partial charge in [-0.25, -0.2) is 4.98 Å². The molecule has 0 aliphatic heterocycles. The van der Waals surface area contributed by atoms with Gasteiger partial charge < -0.3 is 10.7 Å². The van der Waals surface area contributed by atoms with Crippen molar-refractivity contribution in [1.29, 1.82) is 5.26 Å². The number of para-hydroxylation sites is 2. The maximum absolute atomic E-state index is 8.75. The highest BCUT2D eigenvalue weighted by atomic mass is 32.2. The number of aromatic amines is 1. The van der Waals surface area contributed by atoms with Gasteiger partial charge in [-0.15, -0.1) is 0 Å². The van der Waals surface area contributed by atoms with Gasteiger partial charge in [-0.2, -0.15) is 5.26 Å². The number of nitrogens with one attached hydrogen (secondary N) is 1. The Hall–Kier alpha value is -2.45. The number of thiocyanates is 1. The molecule has 92 valence electrons. The normalized spacial score (nSPS) is 10.5. The van der Waals surface area contributed by atoms with Gasteiger partial charge in [0.05, 0.1) is 11.0 Å². The zero-order valence-electron chi connectivity index (χ0n) is 9.92. The lowest BCUT2D eigenvalue weighted by Crippen LogP contribution is -1.89. The van der Waals surface area contributed by atoms with E-state index in [-0.39, 0.29) is 0 Å². The van der Waals surface area contributed by atoms with Gasteiger partial charge in [0, 0.05) is 16.1 Å². The summed E-state index contributed by atoms with van der Waals surface area (Å²) in [6.07, 6.45) is 0. The number of hydrogen-bond acceptors (Lipinski definition) is 4. The second-order valence-electron chi connectivity index (χ2n) is 4.05. The number of nitriles is 1. The van der Waals surface area contributed by atoms with Gasteiger partial charge in [0.15, 0.2) is 0 Å². The molecule has 0 radical (unpaired) electrons. The van der Waals surface area contributed by atoms with Crippen LogP contribution in [0, 0.1) is 10.7 Å². The van der Waals surface area contributed by atoms with Gasteiger partial charge in [-0.1, -0.05) is 12.1 Å². The number of H-pyrrole nitrogens is 1. The summed E-state index contributed by atoms with van der Waals surface area (Å²) < 4.78 is 0. The number of anilines is 1. The first-order valence-corrected chi connectivity index (χ1v) is 6.50. The summed E-state index contributed by atoms with van der Waals surface area (Å²) in [4.78, 5) is 8.53. The fourth-order valence-electron chi connectivity index (χ4n) is 1.91. The molecule has 3 aromatic rings. The fourth-order valence-corrected chi connectivity index (χ4v) is 2.38. The summed E-state index contributed by atoms with van der Waals surface area (Å²) in [5.74, 6) is 0.779. The molecule has 0 atom stereocenters. The lowest BCUT2D eigenvalue weighted by atomic mass is 10.2.